The number of amides is 3. The van der Waals surface area contributed by atoms with E-state index in [9.17, 15) is 19.5 Å². The van der Waals surface area contributed by atoms with Crippen molar-refractivity contribution in [1.29, 1.82) is 0 Å². The zero-order chi connectivity index (χ0) is 23.2. The lowest BCUT2D eigenvalue weighted by atomic mass is 10.3. The number of hydrogen-bond acceptors (Lipinski definition) is 10. The molecule has 1 aliphatic heterocycles. The molecule has 1 heterocycles. The average molecular weight is 446 g/mol. The van der Waals surface area contributed by atoms with Crippen LogP contribution >= 0.6 is 0 Å². The molecule has 0 saturated carbocycles. The number of carbonyl (C=O) groups excluding carboxylic acids is 3. The highest BCUT2D eigenvalue weighted by molar-refractivity contribution is 5.78. The highest BCUT2D eigenvalue weighted by Gasteiger charge is 2.20. The molecule has 0 spiro atoms. The van der Waals surface area contributed by atoms with Gasteiger partial charge in [0, 0.05) is 72.0 Å². The molecule has 1 atom stereocenters. The summed E-state index contributed by atoms with van der Waals surface area (Å²) in [6, 6.07) is 0. The minimum atomic E-state index is -0.996. The van der Waals surface area contributed by atoms with Gasteiger partial charge in [0.25, 0.3) is 0 Å². The third-order valence-electron chi connectivity index (χ3n) is 4.97. The second kappa shape index (κ2) is 15.0. The first-order valence-corrected chi connectivity index (χ1v) is 10.6. The van der Waals surface area contributed by atoms with E-state index in [2.05, 4.69) is 5.32 Å². The zero-order valence-corrected chi connectivity index (χ0v) is 18.2. The fourth-order valence-electron chi connectivity index (χ4n) is 3.41. The smallest absolute Gasteiger partial charge is 0.234 e. The number of β-amino-alcohol motifs (C(OH)–C–C–N with tert-alkyl or cyclic N) is 1. The van der Waals surface area contributed by atoms with Gasteiger partial charge < -0.3 is 33.4 Å². The molecule has 0 aromatic heterocycles. The topological polar surface area (TPSA) is 201 Å². The Kier molecular flexibility index (Phi) is 13.2. The Balaban J connectivity index is 2.90. The third kappa shape index (κ3) is 13.2. The molecule has 31 heavy (non-hydrogen) atoms. The predicted molar refractivity (Wildman–Crippen MR) is 116 cm³/mol. The molecule has 180 valence electrons. The molecule has 0 aromatic carbocycles. The number of primary amides is 2. The van der Waals surface area contributed by atoms with Crippen molar-refractivity contribution in [2.45, 2.75) is 6.23 Å². The predicted octanol–water partition coefficient (Wildman–Crippen LogP) is -5.47. The van der Waals surface area contributed by atoms with E-state index >= 15 is 0 Å². The summed E-state index contributed by atoms with van der Waals surface area (Å²) in [5.74, 6) is -1.01. The van der Waals surface area contributed by atoms with Crippen LogP contribution in [0.5, 0.6) is 0 Å². The molecule has 13 heteroatoms. The highest BCUT2D eigenvalue weighted by atomic mass is 16.3. The SMILES string of the molecule is NCCNC(=O)CN1CCN(CC(N)=O)CCN(CC(N)=O)CCN(CC(N)O)CC1. The fraction of sp³-hybridized carbons (Fsp3) is 0.833. The molecule has 1 saturated heterocycles. The number of carbonyl (C=O) groups is 3. The van der Waals surface area contributed by atoms with Crippen LogP contribution in [-0.2, 0) is 14.4 Å². The molecular formula is C18H39N9O4. The quantitative estimate of drug-likeness (QED) is 0.176. The molecule has 1 unspecified atom stereocenters. The lowest BCUT2D eigenvalue weighted by Crippen LogP contribution is -2.51. The van der Waals surface area contributed by atoms with E-state index in [1.54, 1.807) is 0 Å². The van der Waals surface area contributed by atoms with Crippen molar-refractivity contribution >= 4 is 17.7 Å². The Labute approximate surface area is 183 Å². The first-order chi connectivity index (χ1) is 14.7. The Morgan fingerprint density at radius 1 is 0.774 bits per heavy atom. The maximum Gasteiger partial charge on any atom is 0.234 e. The van der Waals surface area contributed by atoms with Crippen molar-refractivity contribution in [3.63, 3.8) is 0 Å². The number of nitrogens with two attached hydrogens (primary N) is 4. The van der Waals surface area contributed by atoms with Gasteiger partial charge in [-0.05, 0) is 0 Å². The maximum atomic E-state index is 12.2. The fourth-order valence-corrected chi connectivity index (χ4v) is 3.41. The number of aliphatic hydroxyl groups excluding tert-OH is 1. The minimum absolute atomic E-state index is 0.0864. The van der Waals surface area contributed by atoms with Gasteiger partial charge in [0.2, 0.25) is 17.7 Å². The standard InChI is InChI=1S/C18H39N9O4/c19-1-2-23-18(31)14-27-9-7-25(12-16(21)29)5-3-24(11-15(20)28)4-6-26(8-10-27)13-17(22)30/h16,29H,1-14,19,21H2,(H2,20,28)(H2,22,30)(H,23,31). The van der Waals surface area contributed by atoms with Crippen LogP contribution in [0.1, 0.15) is 0 Å². The van der Waals surface area contributed by atoms with Gasteiger partial charge in [0.1, 0.15) is 6.23 Å². The van der Waals surface area contributed by atoms with Gasteiger partial charge in [-0.25, -0.2) is 0 Å². The molecular weight excluding hydrogens is 406 g/mol. The van der Waals surface area contributed by atoms with E-state index in [0.29, 0.717) is 65.4 Å². The van der Waals surface area contributed by atoms with E-state index in [1.807, 2.05) is 19.6 Å². The van der Waals surface area contributed by atoms with Crippen molar-refractivity contribution in [2.75, 3.05) is 91.6 Å². The highest BCUT2D eigenvalue weighted by Crippen LogP contribution is 2.01. The van der Waals surface area contributed by atoms with E-state index in [4.69, 9.17) is 22.9 Å². The van der Waals surface area contributed by atoms with Gasteiger partial charge in [-0.1, -0.05) is 0 Å². The molecule has 1 fully saturated rings. The van der Waals surface area contributed by atoms with Gasteiger partial charge in [-0.3, -0.25) is 34.0 Å². The molecule has 0 radical (unpaired) electrons. The van der Waals surface area contributed by atoms with Gasteiger partial charge >= 0.3 is 0 Å². The van der Waals surface area contributed by atoms with Crippen LogP contribution in [0.2, 0.25) is 0 Å². The van der Waals surface area contributed by atoms with E-state index in [-0.39, 0.29) is 32.1 Å². The van der Waals surface area contributed by atoms with Crippen LogP contribution in [-0.4, -0.2) is 140 Å². The van der Waals surface area contributed by atoms with Crippen molar-refractivity contribution < 1.29 is 19.5 Å². The molecule has 1 aliphatic rings. The second-order valence-electron chi connectivity index (χ2n) is 7.77. The van der Waals surface area contributed by atoms with Crippen LogP contribution in [0, 0.1) is 0 Å². The summed E-state index contributed by atoms with van der Waals surface area (Å²) in [6.45, 7) is 5.74. The summed E-state index contributed by atoms with van der Waals surface area (Å²) < 4.78 is 0. The van der Waals surface area contributed by atoms with Crippen LogP contribution in [0.15, 0.2) is 0 Å². The van der Waals surface area contributed by atoms with Gasteiger partial charge in [0.15, 0.2) is 0 Å². The number of nitrogens with zero attached hydrogens (tertiary/aromatic N) is 4. The normalized spacial score (nSPS) is 19.8. The first-order valence-electron chi connectivity index (χ1n) is 10.6. The molecule has 1 rings (SSSR count). The minimum Gasteiger partial charge on any atom is -0.377 e. The van der Waals surface area contributed by atoms with Crippen molar-refractivity contribution in [3.05, 3.63) is 0 Å². The summed E-state index contributed by atoms with van der Waals surface area (Å²) >= 11 is 0. The summed E-state index contributed by atoms with van der Waals surface area (Å²) in [5, 5.41) is 12.4. The van der Waals surface area contributed by atoms with Gasteiger partial charge in [-0.2, -0.15) is 0 Å². The van der Waals surface area contributed by atoms with Crippen LogP contribution in [0.3, 0.4) is 0 Å². The summed E-state index contributed by atoms with van der Waals surface area (Å²) in [6.07, 6.45) is -0.996. The average Bonchev–Trinajstić information content (AvgIpc) is 2.67. The summed E-state index contributed by atoms with van der Waals surface area (Å²) in [5.41, 5.74) is 21.8. The number of hydrogen-bond donors (Lipinski definition) is 6. The molecule has 0 aliphatic carbocycles. The number of nitrogens with one attached hydrogen (secondary N) is 1. The maximum absolute atomic E-state index is 12.2. The Morgan fingerprint density at radius 3 is 1.52 bits per heavy atom. The first kappa shape index (κ1) is 27.2. The number of aliphatic hydroxyl groups is 1. The largest absolute Gasteiger partial charge is 0.377 e. The summed E-state index contributed by atoms with van der Waals surface area (Å²) in [4.78, 5) is 42.9. The molecule has 0 bridgehead atoms. The molecule has 0 aromatic rings. The summed E-state index contributed by atoms with van der Waals surface area (Å²) in [7, 11) is 0. The van der Waals surface area contributed by atoms with E-state index in [0.717, 1.165) is 0 Å². The molecule has 10 N–H and O–H groups in total. The van der Waals surface area contributed by atoms with Crippen molar-refractivity contribution in [2.24, 2.45) is 22.9 Å². The van der Waals surface area contributed by atoms with Crippen molar-refractivity contribution in [1.82, 2.24) is 24.9 Å². The Hall–Kier alpha value is -1.87. The molecule has 3 amide bonds. The van der Waals surface area contributed by atoms with Crippen LogP contribution in [0.4, 0.5) is 0 Å². The van der Waals surface area contributed by atoms with Crippen LogP contribution in [0.25, 0.3) is 0 Å². The molecule has 13 nitrogen and oxygen atoms in total. The Bertz CT molecular complexity index is 564. The van der Waals surface area contributed by atoms with E-state index in [1.165, 1.54) is 0 Å². The lowest BCUT2D eigenvalue weighted by Gasteiger charge is -2.33. The number of rotatable bonds is 10. The van der Waals surface area contributed by atoms with E-state index < -0.39 is 18.0 Å². The lowest BCUT2D eigenvalue weighted by molar-refractivity contribution is -0.123. The van der Waals surface area contributed by atoms with Crippen LogP contribution < -0.4 is 28.3 Å². The van der Waals surface area contributed by atoms with Crippen molar-refractivity contribution in [3.8, 4) is 0 Å². The van der Waals surface area contributed by atoms with Gasteiger partial charge in [-0.15, -0.1) is 0 Å². The second-order valence-corrected chi connectivity index (χ2v) is 7.77. The monoisotopic (exact) mass is 445 g/mol. The third-order valence-corrected chi connectivity index (χ3v) is 4.97. The Morgan fingerprint density at radius 2 is 1.16 bits per heavy atom. The van der Waals surface area contributed by atoms with Gasteiger partial charge in [0.05, 0.1) is 19.6 Å². The zero-order valence-electron chi connectivity index (χ0n) is 18.2.